The van der Waals surface area contributed by atoms with Gasteiger partial charge in [0, 0.05) is 12.6 Å². The van der Waals surface area contributed by atoms with Gasteiger partial charge in [-0.05, 0) is 48.5 Å². The number of benzene rings is 1. The van der Waals surface area contributed by atoms with E-state index in [0.717, 1.165) is 42.8 Å². The Labute approximate surface area is 201 Å². The summed E-state index contributed by atoms with van der Waals surface area (Å²) < 4.78 is 14.8. The Morgan fingerprint density at radius 1 is 1.24 bits per heavy atom. The molecule has 1 saturated carbocycles. The highest BCUT2D eigenvalue weighted by Crippen LogP contribution is 2.34. The van der Waals surface area contributed by atoms with Gasteiger partial charge in [-0.2, -0.15) is 4.37 Å². The summed E-state index contributed by atoms with van der Waals surface area (Å²) in [5.74, 6) is -0.260. The number of anilines is 1. The Balaban J connectivity index is 1.67. The predicted octanol–water partition coefficient (Wildman–Crippen LogP) is 2.42. The van der Waals surface area contributed by atoms with E-state index in [0.29, 0.717) is 24.3 Å². The number of ether oxygens (including phenoxy) is 2. The van der Waals surface area contributed by atoms with E-state index in [4.69, 9.17) is 20.9 Å². The molecule has 34 heavy (non-hydrogen) atoms. The molecule has 4 rings (SSSR count). The minimum atomic E-state index is -0.806. The van der Waals surface area contributed by atoms with Gasteiger partial charge in [-0.3, -0.25) is 14.4 Å². The molecule has 0 bridgehead atoms. The second kappa shape index (κ2) is 10.3. The highest BCUT2D eigenvalue weighted by molar-refractivity contribution is 7.09. The van der Waals surface area contributed by atoms with Crippen LogP contribution in [0, 0.1) is 0 Å². The van der Waals surface area contributed by atoms with Crippen LogP contribution in [-0.4, -0.2) is 45.9 Å². The molecule has 0 spiro atoms. The Morgan fingerprint density at radius 2 is 1.97 bits per heavy atom. The Bertz CT molecular complexity index is 1080. The van der Waals surface area contributed by atoms with E-state index in [1.165, 1.54) is 4.90 Å². The summed E-state index contributed by atoms with van der Waals surface area (Å²) in [4.78, 5) is 40.3. The number of nitrogens with two attached hydrogens (primary N) is 2. The van der Waals surface area contributed by atoms with Gasteiger partial charge in [-0.25, -0.2) is 0 Å². The molecule has 0 saturated heterocycles. The Hall–Kier alpha value is -3.34. The van der Waals surface area contributed by atoms with Crippen molar-refractivity contribution in [3.05, 3.63) is 34.3 Å². The molecule has 1 atom stereocenters. The first-order chi connectivity index (χ1) is 16.4. The lowest BCUT2D eigenvalue weighted by atomic mass is 10.1. The zero-order chi connectivity index (χ0) is 24.2. The van der Waals surface area contributed by atoms with E-state index in [-0.39, 0.29) is 41.5 Å². The lowest BCUT2D eigenvalue weighted by molar-refractivity contribution is -0.126. The molecule has 2 aromatic rings. The second-order valence-electron chi connectivity index (χ2n) is 8.55. The lowest BCUT2D eigenvalue weighted by Crippen LogP contribution is -2.51. The van der Waals surface area contributed by atoms with Crippen LogP contribution in [0.4, 0.5) is 5.69 Å². The van der Waals surface area contributed by atoms with Crippen molar-refractivity contribution in [2.24, 2.45) is 5.73 Å². The molecule has 1 fully saturated rings. The van der Waals surface area contributed by atoms with Crippen LogP contribution < -0.4 is 26.3 Å². The number of nitrogens with one attached hydrogen (secondary N) is 1. The standard InChI is InChI=1S/C23H29N5O5S/c1-2-5-15(22(30)26-14-6-3-4-7-14)28(11-13-8-9-16-17(10-13)33-12-32-16)23(31)20-18(24)19(21(25)29)27-34-20/h8-10,14-15H,2-7,11-12,24H2,1H3,(H2,25,29)(H,26,30)/t15-/m1/s1. The first kappa shape index (κ1) is 23.8. The van der Waals surface area contributed by atoms with Crippen LogP contribution >= 0.6 is 11.5 Å². The van der Waals surface area contributed by atoms with Crippen LogP contribution in [0.2, 0.25) is 0 Å². The fraction of sp³-hybridized carbons (Fsp3) is 0.478. The average Bonchev–Trinajstić information content (AvgIpc) is 3.56. The molecule has 1 aromatic carbocycles. The largest absolute Gasteiger partial charge is 0.454 e. The third-order valence-corrected chi connectivity index (χ3v) is 7.00. The fourth-order valence-corrected chi connectivity index (χ4v) is 5.15. The first-order valence-corrected chi connectivity index (χ1v) is 12.2. The molecule has 11 heteroatoms. The molecule has 182 valence electrons. The van der Waals surface area contributed by atoms with E-state index in [1.54, 1.807) is 12.1 Å². The van der Waals surface area contributed by atoms with Crippen molar-refractivity contribution in [2.75, 3.05) is 12.5 Å². The minimum Gasteiger partial charge on any atom is -0.454 e. The zero-order valence-electron chi connectivity index (χ0n) is 19.0. The summed E-state index contributed by atoms with van der Waals surface area (Å²) in [7, 11) is 0. The molecule has 3 amide bonds. The summed E-state index contributed by atoms with van der Waals surface area (Å²) in [5, 5.41) is 3.12. The van der Waals surface area contributed by atoms with Gasteiger partial charge in [0.2, 0.25) is 12.7 Å². The number of carbonyl (C=O) groups excluding carboxylic acids is 3. The van der Waals surface area contributed by atoms with Crippen LogP contribution in [0.5, 0.6) is 11.5 Å². The minimum absolute atomic E-state index is 0.0652. The van der Waals surface area contributed by atoms with Gasteiger partial charge < -0.3 is 31.2 Å². The quantitative estimate of drug-likeness (QED) is 0.491. The third-order valence-electron chi connectivity index (χ3n) is 6.15. The molecule has 0 unspecified atom stereocenters. The molecular weight excluding hydrogens is 458 g/mol. The van der Waals surface area contributed by atoms with Gasteiger partial charge in [-0.15, -0.1) is 0 Å². The Morgan fingerprint density at radius 3 is 2.65 bits per heavy atom. The van der Waals surface area contributed by atoms with Crippen molar-refractivity contribution in [3.8, 4) is 11.5 Å². The SMILES string of the molecule is CCC[C@H](C(=O)NC1CCCC1)N(Cc1ccc2c(c1)OCO2)C(=O)c1snc(C(N)=O)c1N. The molecule has 1 aliphatic heterocycles. The number of hydrogen-bond acceptors (Lipinski definition) is 8. The molecule has 1 aliphatic carbocycles. The number of nitrogen functional groups attached to an aromatic ring is 1. The maximum atomic E-state index is 13.7. The van der Waals surface area contributed by atoms with Gasteiger partial charge in [0.15, 0.2) is 17.2 Å². The topological polar surface area (TPSA) is 150 Å². The van der Waals surface area contributed by atoms with Crippen molar-refractivity contribution < 1.29 is 23.9 Å². The zero-order valence-corrected chi connectivity index (χ0v) is 19.9. The lowest BCUT2D eigenvalue weighted by Gasteiger charge is -2.31. The van der Waals surface area contributed by atoms with E-state index in [2.05, 4.69) is 9.69 Å². The van der Waals surface area contributed by atoms with E-state index in [1.807, 2.05) is 13.0 Å². The van der Waals surface area contributed by atoms with Gasteiger partial charge in [0.1, 0.15) is 10.9 Å². The van der Waals surface area contributed by atoms with Crippen molar-refractivity contribution >= 4 is 34.9 Å². The first-order valence-electron chi connectivity index (χ1n) is 11.4. The summed E-state index contributed by atoms with van der Waals surface area (Å²) in [6.07, 6.45) is 5.19. The van der Waals surface area contributed by atoms with Crippen LogP contribution in [0.1, 0.15) is 71.2 Å². The summed E-state index contributed by atoms with van der Waals surface area (Å²) >= 11 is 0.808. The van der Waals surface area contributed by atoms with E-state index in [9.17, 15) is 14.4 Å². The second-order valence-corrected chi connectivity index (χ2v) is 9.33. The van der Waals surface area contributed by atoms with Crippen molar-refractivity contribution in [3.63, 3.8) is 0 Å². The van der Waals surface area contributed by atoms with Crippen LogP contribution in [0.3, 0.4) is 0 Å². The number of rotatable bonds is 9. The summed E-state index contributed by atoms with van der Waals surface area (Å²) in [6, 6.07) is 4.80. The number of aromatic nitrogens is 1. The highest BCUT2D eigenvalue weighted by atomic mass is 32.1. The molecule has 5 N–H and O–H groups in total. The predicted molar refractivity (Wildman–Crippen MR) is 127 cm³/mol. The van der Waals surface area contributed by atoms with Crippen LogP contribution in [0.25, 0.3) is 0 Å². The van der Waals surface area contributed by atoms with Crippen molar-refractivity contribution in [1.29, 1.82) is 0 Å². The van der Waals surface area contributed by atoms with Crippen LogP contribution in [0.15, 0.2) is 18.2 Å². The molecule has 1 aromatic heterocycles. The normalized spacial score (nSPS) is 15.8. The molecule has 10 nitrogen and oxygen atoms in total. The number of primary amides is 1. The van der Waals surface area contributed by atoms with Crippen molar-refractivity contribution in [2.45, 2.75) is 64.1 Å². The van der Waals surface area contributed by atoms with Crippen LogP contribution in [-0.2, 0) is 11.3 Å². The average molecular weight is 488 g/mol. The maximum absolute atomic E-state index is 13.7. The monoisotopic (exact) mass is 487 g/mol. The van der Waals surface area contributed by atoms with Crippen molar-refractivity contribution in [1.82, 2.24) is 14.6 Å². The number of carbonyl (C=O) groups is 3. The number of amides is 3. The highest BCUT2D eigenvalue weighted by Gasteiger charge is 2.34. The van der Waals surface area contributed by atoms with Gasteiger partial charge in [-0.1, -0.05) is 32.3 Å². The van der Waals surface area contributed by atoms with Gasteiger partial charge in [0.05, 0.1) is 5.69 Å². The summed E-state index contributed by atoms with van der Waals surface area (Å²) in [5.41, 5.74) is 12.0. The fourth-order valence-electron chi connectivity index (χ4n) is 4.39. The number of nitrogens with zero attached hydrogens (tertiary/aromatic N) is 2. The molecule has 2 aliphatic rings. The van der Waals surface area contributed by atoms with E-state index >= 15 is 0 Å². The summed E-state index contributed by atoms with van der Waals surface area (Å²) in [6.45, 7) is 2.24. The third kappa shape index (κ3) is 4.93. The smallest absolute Gasteiger partial charge is 0.270 e. The Kier molecular flexibility index (Phi) is 7.20. The van der Waals surface area contributed by atoms with Gasteiger partial charge in [0.25, 0.3) is 11.8 Å². The number of hydrogen-bond donors (Lipinski definition) is 3. The molecule has 0 radical (unpaired) electrons. The molecule has 2 heterocycles. The van der Waals surface area contributed by atoms with E-state index < -0.39 is 17.9 Å². The van der Waals surface area contributed by atoms with Gasteiger partial charge >= 0.3 is 0 Å². The molecular formula is C23H29N5O5S. The number of fused-ring (bicyclic) bond motifs is 1. The maximum Gasteiger partial charge on any atom is 0.270 e.